The Hall–Kier alpha value is -13.1. The third-order valence-electron chi connectivity index (χ3n) is 18.1. The van der Waals surface area contributed by atoms with Gasteiger partial charge < -0.3 is 30.4 Å². The van der Waals surface area contributed by atoms with Gasteiger partial charge in [-0.2, -0.15) is 48.5 Å². The fourth-order valence-corrected chi connectivity index (χ4v) is 13.3. The molecule has 0 spiro atoms. The number of alkyl halides is 9. The van der Waals surface area contributed by atoms with Crippen molar-refractivity contribution in [3.05, 3.63) is 277 Å². The van der Waals surface area contributed by atoms with Crippen molar-refractivity contribution in [3.8, 4) is 29.5 Å². The summed E-state index contributed by atoms with van der Waals surface area (Å²) in [5.74, 6) is -5.22. The van der Waals surface area contributed by atoms with Crippen LogP contribution in [-0.2, 0) is 79.8 Å². The summed E-state index contributed by atoms with van der Waals surface area (Å²) in [5, 5.41) is 38.1. The molecule has 620 valence electrons. The molecule has 4 N–H and O–H groups in total. The fraction of sp³-hybridized carbons (Fsp3) is 0.293. The van der Waals surface area contributed by atoms with Gasteiger partial charge in [0.15, 0.2) is 15.7 Å². The van der Waals surface area contributed by atoms with Gasteiger partial charge in [-0.15, -0.1) is 5.10 Å². The van der Waals surface area contributed by atoms with Crippen molar-refractivity contribution in [2.24, 2.45) is 7.05 Å². The lowest BCUT2D eigenvalue weighted by Gasteiger charge is -2.21. The summed E-state index contributed by atoms with van der Waals surface area (Å²) >= 11 is 0. The molecule has 0 fully saturated rings. The Morgan fingerprint density at radius 2 is 1.03 bits per heavy atom. The molecule has 27 nitrogen and oxygen atoms in total. The molecule has 1 aliphatic heterocycles. The number of halogens is 9. The van der Waals surface area contributed by atoms with Crippen LogP contribution in [0.2, 0.25) is 0 Å². The molecule has 15 rings (SSSR count). The van der Waals surface area contributed by atoms with Crippen molar-refractivity contribution >= 4 is 38.7 Å². The zero-order valence-electron chi connectivity index (χ0n) is 67.0. The Bertz CT molecular complexity index is 6040. The molecule has 0 unspecified atom stereocenters. The number of oxazole rings is 1. The van der Waals surface area contributed by atoms with E-state index in [-0.39, 0.29) is 40.4 Å². The number of ether oxygens (including phenoxy) is 1. The standard InChI is InChI=1S/C22H23F2N7O.C21H19F3N6O.C20H22F2N6.C19H20F2N4O2S/c1-14-8-15(2)31(28-14)21-25-18(10-16-6-5-7-17(9-16)22(3,23)24)11-20(26-21)32-13-19-12-30(4)29-27-19;1-13-8-14(2)30(29-13)20-27-17(10-15-4-3-5-16(9-15)21(22,23)24)11-18(28-20)26-12-19-25-6-7-31-19;1-12-9-13(2)28(27-12)19-25-17-11-23-8-7-16(17)18(26-19)24-15-6-4-5-14(10-15)20(3,21)22;1-12-8-13(2)25(24-12)18-11-16(28(4,26)27)10-17(23-18)22-15-7-5-6-14(9-15)19(3,20)21/h5-9,11-12H,10,13H2,1-4H3;3-9,11H,10,12H2,1-2H3,(H,26,27,28);4-6,9-10,23H,7-8,11H2,1-3H3,(H,24,25,26);5-11H,1-4H3,(H,22,23). The van der Waals surface area contributed by atoms with Crippen LogP contribution in [0.25, 0.3) is 23.7 Å². The van der Waals surface area contributed by atoms with Gasteiger partial charge >= 0.3 is 6.18 Å². The maximum atomic E-state index is 13.8. The third-order valence-corrected chi connectivity index (χ3v) is 19.2. The molecule has 4 aromatic carbocycles. The normalized spacial score (nSPS) is 12.4. The van der Waals surface area contributed by atoms with Gasteiger partial charge in [0.05, 0.1) is 69.3 Å². The minimum absolute atomic E-state index is 0.0399. The Morgan fingerprint density at radius 3 is 1.54 bits per heavy atom. The number of fused-ring (bicyclic) bond motifs is 1. The number of nitrogens with zero attached hydrogens (tertiary/aromatic N) is 19. The molecule has 0 radical (unpaired) electrons. The zero-order valence-corrected chi connectivity index (χ0v) is 67.8. The molecule has 37 heteroatoms. The number of nitrogens with one attached hydrogen (secondary N) is 4. The smallest absolute Gasteiger partial charge is 0.416 e. The van der Waals surface area contributed by atoms with Crippen LogP contribution in [-0.4, -0.2) is 115 Å². The number of hydrogen-bond donors (Lipinski definition) is 4. The van der Waals surface area contributed by atoms with Crippen LogP contribution >= 0.6 is 0 Å². The third kappa shape index (κ3) is 22.6. The molecule has 119 heavy (non-hydrogen) atoms. The topological polar surface area (TPSA) is 310 Å². The lowest BCUT2D eigenvalue weighted by molar-refractivity contribution is -0.137. The summed E-state index contributed by atoms with van der Waals surface area (Å²) in [5.41, 5.74) is 11.6. The first kappa shape index (κ1) is 85.3. The van der Waals surface area contributed by atoms with Crippen molar-refractivity contribution in [2.75, 3.05) is 28.8 Å². The largest absolute Gasteiger partial charge is 0.471 e. The van der Waals surface area contributed by atoms with E-state index in [1.54, 1.807) is 80.5 Å². The SMILES string of the molecule is Cc1cc(C)n(-c2cc(S(C)(=O)=O)cc(Nc3cccc(C(C)(F)F)c3)n2)n1.Cc1cc(C)n(-c2nc(Cc3cccc(C(C)(F)F)c3)cc(OCc3cn(C)nn3)n2)n1.Cc1cc(C)n(-c2nc(Cc3cccc(C(F)(F)F)c3)cc(NCc3ncco3)n2)n1.Cc1cc(C)n(-c2nc3c(c(Nc4cccc(C(C)(F)F)c4)n2)CCNC3)n1. The van der Waals surface area contributed by atoms with Gasteiger partial charge in [-0.1, -0.05) is 65.9 Å². The molecule has 0 bridgehead atoms. The first-order chi connectivity index (χ1) is 56.2. The molecular weight excluding hydrogens is 1570 g/mol. The number of hydrogen-bond acceptors (Lipinski definition) is 22. The number of aryl methyl sites for hydroxylation is 9. The monoisotopic (exact) mass is 1660 g/mol. The average Bonchev–Trinajstić information content (AvgIpc) is 1.79. The van der Waals surface area contributed by atoms with Crippen LogP contribution in [0, 0.1) is 55.4 Å². The number of aromatic nitrogens is 19. The predicted molar refractivity (Wildman–Crippen MR) is 426 cm³/mol. The van der Waals surface area contributed by atoms with Crippen LogP contribution < -0.4 is 26.0 Å². The highest BCUT2D eigenvalue weighted by atomic mass is 32.2. The van der Waals surface area contributed by atoms with Gasteiger partial charge in [0.25, 0.3) is 35.6 Å². The summed E-state index contributed by atoms with van der Waals surface area (Å²) in [6.07, 6.45) is 2.75. The van der Waals surface area contributed by atoms with Crippen molar-refractivity contribution < 1.29 is 57.1 Å². The highest BCUT2D eigenvalue weighted by Crippen LogP contribution is 2.35. The summed E-state index contributed by atoms with van der Waals surface area (Å²) in [7, 11) is -1.75. The Kier molecular flexibility index (Phi) is 25.4. The number of sulfone groups is 1. The van der Waals surface area contributed by atoms with E-state index in [9.17, 15) is 47.9 Å². The molecule has 0 aliphatic carbocycles. The summed E-state index contributed by atoms with van der Waals surface area (Å²) < 4.78 is 165. The van der Waals surface area contributed by atoms with Crippen molar-refractivity contribution in [3.63, 3.8) is 0 Å². The van der Waals surface area contributed by atoms with E-state index in [2.05, 4.69) is 91.8 Å². The lowest BCUT2D eigenvalue weighted by Crippen LogP contribution is -2.27. The predicted octanol–water partition coefficient (Wildman–Crippen LogP) is 16.1. The second kappa shape index (κ2) is 35.4. The molecule has 1 aliphatic rings. The fourth-order valence-electron chi connectivity index (χ4n) is 12.6. The van der Waals surface area contributed by atoms with Gasteiger partial charge in [-0.3, -0.25) is 4.68 Å². The van der Waals surface area contributed by atoms with E-state index in [0.29, 0.717) is 106 Å². The molecule has 0 atom stereocenters. The maximum absolute atomic E-state index is 13.8. The van der Waals surface area contributed by atoms with Gasteiger partial charge in [-0.25, -0.2) is 78.4 Å². The summed E-state index contributed by atoms with van der Waals surface area (Å²) in [6, 6.07) is 37.3. The van der Waals surface area contributed by atoms with E-state index >= 15 is 0 Å². The molecule has 0 saturated carbocycles. The van der Waals surface area contributed by atoms with E-state index in [4.69, 9.17) is 9.15 Å². The van der Waals surface area contributed by atoms with Gasteiger partial charge in [0, 0.05) is 128 Å². The van der Waals surface area contributed by atoms with E-state index in [1.807, 2.05) is 79.7 Å². The quantitative estimate of drug-likeness (QED) is 0.0458. The Labute approximate surface area is 678 Å². The van der Waals surface area contributed by atoms with Gasteiger partial charge in [0.1, 0.15) is 36.0 Å². The van der Waals surface area contributed by atoms with Crippen LogP contribution in [0.15, 0.2) is 174 Å². The average molecular weight is 1660 g/mol. The first-order valence-corrected chi connectivity index (χ1v) is 39.1. The van der Waals surface area contributed by atoms with Crippen LogP contribution in [0.3, 0.4) is 0 Å². The van der Waals surface area contributed by atoms with Crippen molar-refractivity contribution in [1.29, 1.82) is 0 Å². The molecule has 0 saturated heterocycles. The number of benzene rings is 4. The Balaban J connectivity index is 0.000000146. The number of anilines is 5. The van der Waals surface area contributed by atoms with Crippen LogP contribution in [0.4, 0.5) is 68.3 Å². The minimum Gasteiger partial charge on any atom is -0.471 e. The number of rotatable bonds is 22. The maximum Gasteiger partial charge on any atom is 0.416 e. The Morgan fingerprint density at radius 1 is 0.529 bits per heavy atom. The molecule has 14 aromatic rings. The summed E-state index contributed by atoms with van der Waals surface area (Å²) in [4.78, 5) is 36.0. The van der Waals surface area contributed by atoms with Gasteiger partial charge in [0.2, 0.25) is 11.8 Å². The molecule has 10 aromatic heterocycles. The van der Waals surface area contributed by atoms with Gasteiger partial charge in [-0.05, 0) is 146 Å². The second-order valence-electron chi connectivity index (χ2n) is 28.7. The minimum atomic E-state index is -4.40. The summed E-state index contributed by atoms with van der Waals surface area (Å²) in [6.45, 7) is 19.6. The molecule has 11 heterocycles. The van der Waals surface area contributed by atoms with Crippen LogP contribution in [0.1, 0.15) is 134 Å². The van der Waals surface area contributed by atoms with Crippen LogP contribution in [0.5, 0.6) is 5.88 Å². The molecular formula is C82H84F9N23O4S. The lowest BCUT2D eigenvalue weighted by atomic mass is 10.0. The van der Waals surface area contributed by atoms with Crippen molar-refractivity contribution in [1.82, 2.24) is 99.3 Å². The zero-order chi connectivity index (χ0) is 85.5. The first-order valence-electron chi connectivity index (χ1n) is 37.2. The van der Waals surface area contributed by atoms with E-state index < -0.39 is 39.3 Å². The van der Waals surface area contributed by atoms with E-state index in [1.165, 1.54) is 77.8 Å². The second-order valence-corrected chi connectivity index (χ2v) is 30.7. The van der Waals surface area contributed by atoms with Crippen molar-refractivity contribution in [2.45, 2.75) is 144 Å². The van der Waals surface area contributed by atoms with E-state index in [0.717, 1.165) is 109 Å². The highest BCUT2D eigenvalue weighted by molar-refractivity contribution is 7.90. The number of pyridine rings is 1. The molecule has 0 amide bonds. The highest BCUT2D eigenvalue weighted by Gasteiger charge is 2.32.